The summed E-state index contributed by atoms with van der Waals surface area (Å²) in [6, 6.07) is 7.70. The number of rotatable bonds is 4. The number of benzene rings is 1. The molecule has 108 valence electrons. The van der Waals surface area contributed by atoms with Crippen LogP contribution in [0.2, 0.25) is 0 Å². The number of amidine groups is 1. The Hall–Kier alpha value is -2.04. The Kier molecular flexibility index (Phi) is 4.98. The molecular weight excluding hydrogens is 252 g/mol. The average Bonchev–Trinajstić information content (AvgIpc) is 2.50. The number of hydrogen-bond acceptors (Lipinski definition) is 3. The summed E-state index contributed by atoms with van der Waals surface area (Å²) in [5, 5.41) is 6.27. The monoisotopic (exact) mass is 274 g/mol. The van der Waals surface area contributed by atoms with Gasteiger partial charge in [-0.15, -0.1) is 0 Å². The number of para-hydroxylation sites is 1. The summed E-state index contributed by atoms with van der Waals surface area (Å²) in [5.74, 6) is 0.867. The minimum absolute atomic E-state index is 0.0705. The lowest BCUT2D eigenvalue weighted by molar-refractivity contribution is 0.217. The zero-order valence-corrected chi connectivity index (χ0v) is 12.1. The fourth-order valence-corrected chi connectivity index (χ4v) is 2.22. The molecule has 1 heterocycles. The molecule has 2 amide bonds. The van der Waals surface area contributed by atoms with Gasteiger partial charge in [0, 0.05) is 31.7 Å². The number of aliphatic imine (C=N–C) groups is 1. The fraction of sp³-hybridized carbons (Fsp3) is 0.467. The molecule has 0 radical (unpaired) electrons. The van der Waals surface area contributed by atoms with Crippen molar-refractivity contribution in [3.8, 4) is 0 Å². The largest absolute Gasteiger partial charge is 0.370 e. The number of nitrogens with one attached hydrogen (secondary N) is 2. The number of urea groups is 1. The van der Waals surface area contributed by atoms with Crippen LogP contribution >= 0.6 is 0 Å². The maximum absolute atomic E-state index is 12.2. The first-order valence-electron chi connectivity index (χ1n) is 7.20. The Morgan fingerprint density at radius 2 is 2.10 bits per heavy atom. The second-order valence-corrected chi connectivity index (χ2v) is 4.66. The standard InChI is InChI=1S/C15H22N4O/c1-3-19(4-2)15(20)18-13-9-6-5-8-12(13)14-16-10-7-11-17-14/h5-6,8-9H,3-4,7,10-11H2,1-2H3,(H,16,17)(H,18,20). The van der Waals surface area contributed by atoms with E-state index in [2.05, 4.69) is 15.6 Å². The number of carbonyl (C=O) groups is 1. The second-order valence-electron chi connectivity index (χ2n) is 4.66. The molecule has 0 saturated carbocycles. The first-order chi connectivity index (χ1) is 9.76. The van der Waals surface area contributed by atoms with E-state index in [-0.39, 0.29) is 6.03 Å². The number of hydrogen-bond donors (Lipinski definition) is 2. The van der Waals surface area contributed by atoms with Gasteiger partial charge in [0.25, 0.3) is 0 Å². The van der Waals surface area contributed by atoms with Crippen LogP contribution in [0.3, 0.4) is 0 Å². The maximum Gasteiger partial charge on any atom is 0.321 e. The van der Waals surface area contributed by atoms with Gasteiger partial charge in [0.05, 0.1) is 5.69 Å². The lowest BCUT2D eigenvalue weighted by Gasteiger charge is -2.22. The van der Waals surface area contributed by atoms with Crippen LogP contribution < -0.4 is 10.6 Å². The second kappa shape index (κ2) is 6.93. The molecule has 0 spiro atoms. The molecule has 20 heavy (non-hydrogen) atoms. The molecule has 0 bridgehead atoms. The summed E-state index contributed by atoms with van der Waals surface area (Å²) in [6.07, 6.45) is 1.05. The van der Waals surface area contributed by atoms with Crippen LogP contribution in [0.15, 0.2) is 29.3 Å². The van der Waals surface area contributed by atoms with Crippen molar-refractivity contribution in [3.63, 3.8) is 0 Å². The van der Waals surface area contributed by atoms with Crippen molar-refractivity contribution in [1.82, 2.24) is 10.2 Å². The molecule has 0 aliphatic carbocycles. The van der Waals surface area contributed by atoms with E-state index in [1.54, 1.807) is 4.90 Å². The maximum atomic E-state index is 12.2. The summed E-state index contributed by atoms with van der Waals surface area (Å²) in [6.45, 7) is 7.11. The van der Waals surface area contributed by atoms with Gasteiger partial charge in [-0.1, -0.05) is 12.1 Å². The Morgan fingerprint density at radius 1 is 1.35 bits per heavy atom. The first-order valence-corrected chi connectivity index (χ1v) is 7.20. The SMILES string of the molecule is CCN(CC)C(=O)Nc1ccccc1C1=NCCCN1. The van der Waals surface area contributed by atoms with Gasteiger partial charge in [-0.25, -0.2) is 4.79 Å². The van der Waals surface area contributed by atoms with Crippen molar-refractivity contribution in [3.05, 3.63) is 29.8 Å². The number of nitrogens with zero attached hydrogens (tertiary/aromatic N) is 2. The molecule has 5 heteroatoms. The third kappa shape index (κ3) is 3.29. The van der Waals surface area contributed by atoms with Crippen molar-refractivity contribution in [2.24, 2.45) is 4.99 Å². The van der Waals surface area contributed by atoms with Crippen LogP contribution in [0, 0.1) is 0 Å². The Balaban J connectivity index is 2.20. The van der Waals surface area contributed by atoms with Gasteiger partial charge in [0.15, 0.2) is 0 Å². The third-order valence-electron chi connectivity index (χ3n) is 3.37. The van der Waals surface area contributed by atoms with Crippen molar-refractivity contribution >= 4 is 17.6 Å². The molecule has 0 aromatic heterocycles. The normalized spacial score (nSPS) is 14.2. The predicted octanol–water partition coefficient (Wildman–Crippen LogP) is 2.30. The van der Waals surface area contributed by atoms with Crippen LogP contribution in [0.5, 0.6) is 0 Å². The highest BCUT2D eigenvalue weighted by atomic mass is 16.2. The third-order valence-corrected chi connectivity index (χ3v) is 3.37. The van der Waals surface area contributed by atoms with E-state index in [9.17, 15) is 4.79 Å². The van der Waals surface area contributed by atoms with E-state index < -0.39 is 0 Å². The highest BCUT2D eigenvalue weighted by molar-refractivity contribution is 6.06. The molecule has 5 nitrogen and oxygen atoms in total. The Labute approximate surface area is 120 Å². The van der Waals surface area contributed by atoms with Gasteiger partial charge < -0.3 is 15.5 Å². The van der Waals surface area contributed by atoms with Crippen LogP contribution in [0.25, 0.3) is 0 Å². The minimum Gasteiger partial charge on any atom is -0.370 e. The van der Waals surface area contributed by atoms with E-state index in [1.807, 2.05) is 38.1 Å². The molecule has 0 fully saturated rings. The molecule has 0 unspecified atom stereocenters. The first kappa shape index (κ1) is 14.4. The minimum atomic E-state index is -0.0705. The summed E-state index contributed by atoms with van der Waals surface area (Å²) >= 11 is 0. The highest BCUT2D eigenvalue weighted by Gasteiger charge is 2.15. The molecule has 1 aromatic rings. The van der Waals surface area contributed by atoms with E-state index in [0.29, 0.717) is 13.1 Å². The van der Waals surface area contributed by atoms with E-state index in [1.165, 1.54) is 0 Å². The fourth-order valence-electron chi connectivity index (χ4n) is 2.22. The smallest absolute Gasteiger partial charge is 0.321 e. The van der Waals surface area contributed by atoms with Crippen LogP contribution in [-0.2, 0) is 0 Å². The molecule has 0 atom stereocenters. The predicted molar refractivity (Wildman–Crippen MR) is 82.4 cm³/mol. The molecule has 1 aliphatic heterocycles. The van der Waals surface area contributed by atoms with Crippen molar-refractivity contribution < 1.29 is 4.79 Å². The Bertz CT molecular complexity index is 494. The topological polar surface area (TPSA) is 56.7 Å². The summed E-state index contributed by atoms with van der Waals surface area (Å²) in [4.78, 5) is 18.4. The van der Waals surface area contributed by atoms with Gasteiger partial charge in [-0.05, 0) is 32.4 Å². The van der Waals surface area contributed by atoms with E-state index in [0.717, 1.165) is 36.6 Å². The summed E-state index contributed by atoms with van der Waals surface area (Å²) < 4.78 is 0. The van der Waals surface area contributed by atoms with Gasteiger partial charge in [0.1, 0.15) is 5.84 Å². The highest BCUT2D eigenvalue weighted by Crippen LogP contribution is 2.17. The van der Waals surface area contributed by atoms with Crippen LogP contribution in [-0.4, -0.2) is 42.9 Å². The number of anilines is 1. The summed E-state index contributed by atoms with van der Waals surface area (Å²) in [7, 11) is 0. The quantitative estimate of drug-likeness (QED) is 0.885. The van der Waals surface area contributed by atoms with Crippen molar-refractivity contribution in [2.75, 3.05) is 31.5 Å². The van der Waals surface area contributed by atoms with E-state index in [4.69, 9.17) is 0 Å². The number of amides is 2. The van der Waals surface area contributed by atoms with Crippen molar-refractivity contribution in [1.29, 1.82) is 0 Å². The zero-order chi connectivity index (χ0) is 14.4. The average molecular weight is 274 g/mol. The van der Waals surface area contributed by atoms with Crippen LogP contribution in [0.1, 0.15) is 25.8 Å². The van der Waals surface area contributed by atoms with Gasteiger partial charge in [0.2, 0.25) is 0 Å². The molecule has 2 N–H and O–H groups in total. The zero-order valence-electron chi connectivity index (χ0n) is 12.1. The van der Waals surface area contributed by atoms with Gasteiger partial charge in [-0.3, -0.25) is 4.99 Å². The van der Waals surface area contributed by atoms with Crippen molar-refractivity contribution in [2.45, 2.75) is 20.3 Å². The molecular formula is C15H22N4O. The molecule has 0 saturated heterocycles. The van der Waals surface area contributed by atoms with Gasteiger partial charge in [-0.2, -0.15) is 0 Å². The Morgan fingerprint density at radius 3 is 2.75 bits per heavy atom. The molecule has 2 rings (SSSR count). The number of carbonyl (C=O) groups excluding carboxylic acids is 1. The van der Waals surface area contributed by atoms with Gasteiger partial charge >= 0.3 is 6.03 Å². The summed E-state index contributed by atoms with van der Waals surface area (Å²) in [5.41, 5.74) is 1.75. The molecule has 1 aromatic carbocycles. The van der Waals surface area contributed by atoms with Crippen LogP contribution in [0.4, 0.5) is 10.5 Å². The van der Waals surface area contributed by atoms with E-state index >= 15 is 0 Å². The lowest BCUT2D eigenvalue weighted by Crippen LogP contribution is -2.36. The lowest BCUT2D eigenvalue weighted by atomic mass is 10.1. The molecule has 1 aliphatic rings.